The summed E-state index contributed by atoms with van der Waals surface area (Å²) in [4.78, 5) is 15.1. The fraction of sp³-hybridized carbons (Fsp3) is 0.400. The molecule has 1 fully saturated rings. The molecule has 2 heterocycles. The van der Waals surface area contributed by atoms with E-state index >= 15 is 0 Å². The number of likely N-dealkylation sites (tertiary alicyclic amines) is 1. The summed E-state index contributed by atoms with van der Waals surface area (Å²) in [6, 6.07) is 5.87. The van der Waals surface area contributed by atoms with Crippen LogP contribution in [0.25, 0.3) is 10.1 Å². The molecular formula is C15H17BrN2O2S. The highest BCUT2D eigenvalue weighted by atomic mass is 79.9. The molecule has 1 aliphatic rings. The number of aliphatic hydroxyl groups excluding tert-OH is 1. The summed E-state index contributed by atoms with van der Waals surface area (Å²) in [5.74, 6) is 0.425. The number of aliphatic hydroxyl groups is 1. The molecule has 2 aromatic rings. The van der Waals surface area contributed by atoms with Gasteiger partial charge in [-0.3, -0.25) is 4.79 Å². The lowest BCUT2D eigenvalue weighted by Crippen LogP contribution is -2.28. The highest BCUT2D eigenvalue weighted by molar-refractivity contribution is 9.10. The number of halogens is 1. The lowest BCUT2D eigenvalue weighted by molar-refractivity contribution is 0.0790. The van der Waals surface area contributed by atoms with E-state index < -0.39 is 0 Å². The number of hydrogen-bond acceptors (Lipinski definition) is 4. The topological polar surface area (TPSA) is 66.6 Å². The van der Waals surface area contributed by atoms with Crippen molar-refractivity contribution >= 4 is 48.9 Å². The van der Waals surface area contributed by atoms with Gasteiger partial charge >= 0.3 is 0 Å². The third-order valence-corrected chi connectivity index (χ3v) is 5.64. The second-order valence-electron chi connectivity index (χ2n) is 5.40. The van der Waals surface area contributed by atoms with Crippen LogP contribution in [-0.2, 0) is 0 Å². The molecule has 0 radical (unpaired) electrons. The van der Waals surface area contributed by atoms with Crippen LogP contribution in [0.4, 0.5) is 5.69 Å². The van der Waals surface area contributed by atoms with Crippen LogP contribution in [0.5, 0.6) is 0 Å². The van der Waals surface area contributed by atoms with Gasteiger partial charge in [-0.05, 0) is 30.9 Å². The van der Waals surface area contributed by atoms with E-state index in [1.165, 1.54) is 11.3 Å². The largest absolute Gasteiger partial charge is 0.397 e. The molecule has 0 bridgehead atoms. The van der Waals surface area contributed by atoms with Crippen molar-refractivity contribution in [1.82, 2.24) is 4.90 Å². The average Bonchev–Trinajstić information content (AvgIpc) is 3.04. The fourth-order valence-electron chi connectivity index (χ4n) is 2.83. The number of rotatable bonds is 3. The maximum atomic E-state index is 12.7. The van der Waals surface area contributed by atoms with Crippen LogP contribution < -0.4 is 5.73 Å². The van der Waals surface area contributed by atoms with E-state index in [4.69, 9.17) is 10.8 Å². The summed E-state index contributed by atoms with van der Waals surface area (Å²) in [6.45, 7) is 1.66. The van der Waals surface area contributed by atoms with Gasteiger partial charge in [0.2, 0.25) is 0 Å². The second-order valence-corrected chi connectivity index (χ2v) is 7.37. The van der Waals surface area contributed by atoms with Crippen molar-refractivity contribution in [3.63, 3.8) is 0 Å². The maximum Gasteiger partial charge on any atom is 0.266 e. The van der Waals surface area contributed by atoms with Crippen LogP contribution in [0.2, 0.25) is 0 Å². The van der Waals surface area contributed by atoms with E-state index in [0.29, 0.717) is 16.5 Å². The van der Waals surface area contributed by atoms with Crippen LogP contribution in [0.3, 0.4) is 0 Å². The molecule has 6 heteroatoms. The summed E-state index contributed by atoms with van der Waals surface area (Å²) < 4.78 is 2.01. The Morgan fingerprint density at radius 2 is 2.33 bits per heavy atom. The first-order chi connectivity index (χ1) is 10.1. The first-order valence-electron chi connectivity index (χ1n) is 6.98. The first-order valence-corrected chi connectivity index (χ1v) is 8.58. The van der Waals surface area contributed by atoms with Gasteiger partial charge < -0.3 is 15.7 Å². The Labute approximate surface area is 135 Å². The first kappa shape index (κ1) is 14.8. The number of carbonyl (C=O) groups excluding carboxylic acids is 1. The predicted octanol–water partition coefficient (Wildman–Crippen LogP) is 3.09. The summed E-state index contributed by atoms with van der Waals surface area (Å²) in [5.41, 5.74) is 6.74. The second kappa shape index (κ2) is 5.94. The Morgan fingerprint density at radius 3 is 3.10 bits per heavy atom. The molecule has 0 aliphatic carbocycles. The smallest absolute Gasteiger partial charge is 0.266 e. The quantitative estimate of drug-likeness (QED) is 0.874. The van der Waals surface area contributed by atoms with Crippen LogP contribution in [0.15, 0.2) is 22.7 Å². The van der Waals surface area contributed by atoms with Crippen LogP contribution >= 0.6 is 27.3 Å². The van der Waals surface area contributed by atoms with Gasteiger partial charge in [-0.1, -0.05) is 22.0 Å². The van der Waals surface area contributed by atoms with E-state index in [1.807, 2.05) is 23.1 Å². The standard InChI is InChI=1S/C15H17BrN2O2S/c16-10-1-2-11-12(7-10)21-14(13(11)17)15(20)18-5-3-9(8-18)4-6-19/h1-2,7,9,19H,3-6,8,17H2. The number of amides is 1. The number of thiophene rings is 1. The van der Waals surface area contributed by atoms with Gasteiger partial charge in [0, 0.05) is 34.3 Å². The van der Waals surface area contributed by atoms with Crippen LogP contribution in [0.1, 0.15) is 22.5 Å². The van der Waals surface area contributed by atoms with Gasteiger partial charge in [0.15, 0.2) is 0 Å². The summed E-state index contributed by atoms with van der Waals surface area (Å²) in [5, 5.41) is 9.95. The minimum atomic E-state index is 0.0188. The van der Waals surface area contributed by atoms with Gasteiger partial charge in [0.1, 0.15) is 4.88 Å². The number of fused-ring (bicyclic) bond motifs is 1. The molecule has 1 aromatic heterocycles. The molecule has 21 heavy (non-hydrogen) atoms. The zero-order valence-electron chi connectivity index (χ0n) is 11.5. The summed E-state index contributed by atoms with van der Waals surface area (Å²) in [7, 11) is 0. The van der Waals surface area contributed by atoms with Crippen molar-refractivity contribution in [2.24, 2.45) is 5.92 Å². The van der Waals surface area contributed by atoms with Crippen molar-refractivity contribution in [3.05, 3.63) is 27.5 Å². The average molecular weight is 369 g/mol. The number of anilines is 1. The third kappa shape index (κ3) is 2.80. The molecule has 1 amide bonds. The number of nitrogen functional groups attached to an aromatic ring is 1. The molecule has 0 spiro atoms. The van der Waals surface area contributed by atoms with Gasteiger partial charge in [0.05, 0.1) is 5.69 Å². The molecule has 3 N–H and O–H groups in total. The Balaban J connectivity index is 1.87. The van der Waals surface area contributed by atoms with Crippen molar-refractivity contribution in [3.8, 4) is 0 Å². The Kier molecular flexibility index (Phi) is 4.19. The number of nitrogens with zero attached hydrogens (tertiary/aromatic N) is 1. The van der Waals surface area contributed by atoms with E-state index in [1.54, 1.807) is 0 Å². The number of hydrogen-bond donors (Lipinski definition) is 2. The lowest BCUT2D eigenvalue weighted by Gasteiger charge is -2.15. The Hall–Kier alpha value is -1.11. The van der Waals surface area contributed by atoms with Gasteiger partial charge in [-0.25, -0.2) is 0 Å². The predicted molar refractivity (Wildman–Crippen MR) is 89.7 cm³/mol. The van der Waals surface area contributed by atoms with Gasteiger partial charge in [-0.2, -0.15) is 0 Å². The normalized spacial score (nSPS) is 18.6. The van der Waals surface area contributed by atoms with E-state index in [-0.39, 0.29) is 12.5 Å². The molecule has 0 saturated carbocycles. The molecule has 4 nitrogen and oxygen atoms in total. The maximum absolute atomic E-state index is 12.7. The minimum Gasteiger partial charge on any atom is -0.397 e. The fourth-order valence-corrected chi connectivity index (χ4v) is 4.47. The van der Waals surface area contributed by atoms with Crippen molar-refractivity contribution in [1.29, 1.82) is 0 Å². The number of carbonyl (C=O) groups is 1. The zero-order valence-corrected chi connectivity index (χ0v) is 13.9. The number of nitrogens with two attached hydrogens (primary N) is 1. The molecule has 1 aromatic carbocycles. The van der Waals surface area contributed by atoms with E-state index in [2.05, 4.69) is 15.9 Å². The molecule has 1 unspecified atom stereocenters. The van der Waals surface area contributed by atoms with Crippen molar-refractivity contribution in [2.45, 2.75) is 12.8 Å². The summed E-state index contributed by atoms with van der Waals surface area (Å²) in [6.07, 6.45) is 1.72. The molecule has 1 aliphatic heterocycles. The highest BCUT2D eigenvalue weighted by Crippen LogP contribution is 2.36. The van der Waals surface area contributed by atoms with Crippen molar-refractivity contribution in [2.75, 3.05) is 25.4 Å². The third-order valence-electron chi connectivity index (χ3n) is 4.00. The molecule has 112 valence electrons. The van der Waals surface area contributed by atoms with Crippen molar-refractivity contribution < 1.29 is 9.90 Å². The SMILES string of the molecule is Nc1c(C(=O)N2CCC(CCO)C2)sc2cc(Br)ccc12. The van der Waals surface area contributed by atoms with Crippen LogP contribution in [0, 0.1) is 5.92 Å². The molecular weight excluding hydrogens is 352 g/mol. The van der Waals surface area contributed by atoms with E-state index in [9.17, 15) is 4.79 Å². The minimum absolute atomic E-state index is 0.0188. The Bertz CT molecular complexity index is 686. The van der Waals surface area contributed by atoms with Gasteiger partial charge in [-0.15, -0.1) is 11.3 Å². The Morgan fingerprint density at radius 1 is 1.52 bits per heavy atom. The number of benzene rings is 1. The van der Waals surface area contributed by atoms with Crippen LogP contribution in [-0.4, -0.2) is 35.6 Å². The monoisotopic (exact) mass is 368 g/mol. The highest BCUT2D eigenvalue weighted by Gasteiger charge is 2.29. The molecule has 1 atom stereocenters. The van der Waals surface area contributed by atoms with Gasteiger partial charge in [0.25, 0.3) is 5.91 Å². The zero-order chi connectivity index (χ0) is 15.0. The van der Waals surface area contributed by atoms with E-state index in [0.717, 1.165) is 40.5 Å². The lowest BCUT2D eigenvalue weighted by atomic mass is 10.1. The summed E-state index contributed by atoms with van der Waals surface area (Å²) >= 11 is 4.89. The molecule has 3 rings (SSSR count). The molecule has 1 saturated heterocycles.